The largest absolute Gasteiger partial charge is 0.361 e. The number of fused-ring (bicyclic) bond motifs is 1. The van der Waals surface area contributed by atoms with Crippen molar-refractivity contribution in [3.63, 3.8) is 0 Å². The molecule has 2 aromatic heterocycles. The van der Waals surface area contributed by atoms with Crippen LogP contribution in [0, 0.1) is 19.8 Å². The van der Waals surface area contributed by atoms with Gasteiger partial charge < -0.3 is 14.8 Å². The molecule has 126 valence electrons. The van der Waals surface area contributed by atoms with Gasteiger partial charge in [-0.25, -0.2) is 4.98 Å². The Labute approximate surface area is 140 Å². The number of nitrogens with one attached hydrogen (secondary N) is 2. The summed E-state index contributed by atoms with van der Waals surface area (Å²) in [6, 6.07) is 7.68. The fourth-order valence-corrected chi connectivity index (χ4v) is 2.81. The Morgan fingerprint density at radius 1 is 1.29 bits per heavy atom. The fourth-order valence-electron chi connectivity index (χ4n) is 2.81. The van der Waals surface area contributed by atoms with Gasteiger partial charge in [-0.2, -0.15) is 0 Å². The summed E-state index contributed by atoms with van der Waals surface area (Å²) in [6.45, 7) is 7.79. The average Bonchev–Trinajstić information content (AvgIpc) is 3.10. The van der Waals surface area contributed by atoms with E-state index >= 15 is 0 Å². The van der Waals surface area contributed by atoms with E-state index < -0.39 is 0 Å². The van der Waals surface area contributed by atoms with Crippen molar-refractivity contribution in [1.29, 1.82) is 0 Å². The monoisotopic (exact) mass is 326 g/mol. The van der Waals surface area contributed by atoms with E-state index in [9.17, 15) is 4.79 Å². The topological polar surface area (TPSA) is 83.8 Å². The molecular weight excluding hydrogens is 304 g/mol. The van der Waals surface area contributed by atoms with Crippen LogP contribution in [0.5, 0.6) is 0 Å². The first kappa shape index (κ1) is 16.2. The van der Waals surface area contributed by atoms with E-state index in [4.69, 9.17) is 4.52 Å². The van der Waals surface area contributed by atoms with Crippen molar-refractivity contribution < 1.29 is 9.32 Å². The number of H-pyrrole nitrogens is 1. The molecule has 0 saturated carbocycles. The van der Waals surface area contributed by atoms with Gasteiger partial charge in [0.25, 0.3) is 0 Å². The van der Waals surface area contributed by atoms with Gasteiger partial charge in [0.1, 0.15) is 11.6 Å². The summed E-state index contributed by atoms with van der Waals surface area (Å²) < 4.78 is 5.12. The Morgan fingerprint density at radius 2 is 2.04 bits per heavy atom. The number of nitrogens with zero attached hydrogens (tertiary/aromatic N) is 2. The maximum atomic E-state index is 12.5. The van der Waals surface area contributed by atoms with Gasteiger partial charge in [-0.3, -0.25) is 4.79 Å². The fraction of sp³-hybridized carbons (Fsp3) is 0.389. The molecule has 0 bridgehead atoms. The summed E-state index contributed by atoms with van der Waals surface area (Å²) in [4.78, 5) is 20.4. The number of aromatic amines is 1. The van der Waals surface area contributed by atoms with Crippen LogP contribution in [0.3, 0.4) is 0 Å². The number of amides is 1. The Hall–Kier alpha value is -2.63. The molecule has 3 rings (SSSR count). The lowest BCUT2D eigenvalue weighted by atomic mass is 10.0. The van der Waals surface area contributed by atoms with Gasteiger partial charge in [0.2, 0.25) is 5.91 Å². The van der Waals surface area contributed by atoms with Crippen molar-refractivity contribution in [2.45, 2.75) is 40.2 Å². The summed E-state index contributed by atoms with van der Waals surface area (Å²) in [7, 11) is 0. The minimum Gasteiger partial charge on any atom is -0.361 e. The number of carbonyl (C=O) groups excluding carboxylic acids is 1. The van der Waals surface area contributed by atoms with Crippen molar-refractivity contribution in [2.24, 2.45) is 5.92 Å². The Kier molecular flexibility index (Phi) is 4.38. The van der Waals surface area contributed by atoms with Crippen LogP contribution < -0.4 is 5.32 Å². The molecule has 1 amide bonds. The molecule has 6 heteroatoms. The normalized spacial score (nSPS) is 12.7. The standard InChI is InChI=1S/C18H22N4O2/c1-10(2)17(18-19-14-7-5-6-8-15(14)20-18)21-16(23)9-13-11(3)22-24-12(13)4/h5-8,10,17H,9H2,1-4H3,(H,19,20)(H,21,23). The van der Waals surface area contributed by atoms with E-state index in [2.05, 4.69) is 34.3 Å². The lowest BCUT2D eigenvalue weighted by Crippen LogP contribution is -2.33. The average molecular weight is 326 g/mol. The van der Waals surface area contributed by atoms with Crippen LogP contribution in [-0.4, -0.2) is 21.0 Å². The summed E-state index contributed by atoms with van der Waals surface area (Å²) in [5.74, 6) is 1.61. The number of carbonyl (C=O) groups is 1. The summed E-state index contributed by atoms with van der Waals surface area (Å²) in [5.41, 5.74) is 3.48. The number of aryl methyl sites for hydroxylation is 2. The third-order valence-corrected chi connectivity index (χ3v) is 4.20. The van der Waals surface area contributed by atoms with Gasteiger partial charge in [-0.1, -0.05) is 31.1 Å². The number of hydrogen-bond donors (Lipinski definition) is 2. The van der Waals surface area contributed by atoms with Gasteiger partial charge >= 0.3 is 0 Å². The van der Waals surface area contributed by atoms with Gasteiger partial charge in [0.05, 0.1) is 29.2 Å². The molecule has 1 atom stereocenters. The minimum atomic E-state index is -0.176. The van der Waals surface area contributed by atoms with E-state index in [0.717, 1.165) is 28.1 Å². The second kappa shape index (κ2) is 6.47. The third-order valence-electron chi connectivity index (χ3n) is 4.20. The zero-order valence-corrected chi connectivity index (χ0v) is 14.4. The Bertz CT molecular complexity index is 810. The molecule has 0 saturated heterocycles. The van der Waals surface area contributed by atoms with Crippen LogP contribution in [0.15, 0.2) is 28.8 Å². The number of aromatic nitrogens is 3. The van der Waals surface area contributed by atoms with Crippen LogP contribution in [0.25, 0.3) is 11.0 Å². The maximum Gasteiger partial charge on any atom is 0.225 e. The van der Waals surface area contributed by atoms with Gasteiger partial charge in [-0.05, 0) is 31.9 Å². The quantitative estimate of drug-likeness (QED) is 0.754. The van der Waals surface area contributed by atoms with Crippen molar-refractivity contribution in [3.05, 3.63) is 47.1 Å². The first-order valence-corrected chi connectivity index (χ1v) is 8.11. The zero-order chi connectivity index (χ0) is 17.3. The van der Waals surface area contributed by atoms with E-state index in [0.29, 0.717) is 5.76 Å². The van der Waals surface area contributed by atoms with Gasteiger partial charge in [-0.15, -0.1) is 0 Å². The molecule has 24 heavy (non-hydrogen) atoms. The first-order chi connectivity index (χ1) is 11.5. The lowest BCUT2D eigenvalue weighted by molar-refractivity contribution is -0.121. The number of rotatable bonds is 5. The molecule has 0 spiro atoms. The highest BCUT2D eigenvalue weighted by atomic mass is 16.5. The molecule has 0 aliphatic carbocycles. The van der Waals surface area contributed by atoms with Crippen LogP contribution in [-0.2, 0) is 11.2 Å². The summed E-state index contributed by atoms with van der Waals surface area (Å²) in [5, 5.41) is 6.98. The molecule has 1 unspecified atom stereocenters. The van der Waals surface area contributed by atoms with Crippen molar-refractivity contribution in [2.75, 3.05) is 0 Å². The first-order valence-electron chi connectivity index (χ1n) is 8.11. The van der Waals surface area contributed by atoms with Crippen LogP contribution in [0.2, 0.25) is 0 Å². The molecule has 2 heterocycles. The number of para-hydroxylation sites is 2. The van der Waals surface area contributed by atoms with Crippen molar-refractivity contribution in [3.8, 4) is 0 Å². The van der Waals surface area contributed by atoms with Gasteiger partial charge in [0.15, 0.2) is 0 Å². The van der Waals surface area contributed by atoms with Crippen molar-refractivity contribution >= 4 is 16.9 Å². The smallest absolute Gasteiger partial charge is 0.225 e. The molecule has 0 aliphatic heterocycles. The van der Waals surface area contributed by atoms with Crippen LogP contribution in [0.4, 0.5) is 0 Å². The molecule has 0 radical (unpaired) electrons. The van der Waals surface area contributed by atoms with E-state index in [1.165, 1.54) is 0 Å². The third kappa shape index (κ3) is 3.18. The van der Waals surface area contributed by atoms with E-state index in [1.807, 2.05) is 38.1 Å². The SMILES string of the molecule is Cc1noc(C)c1CC(=O)NC(c1nc2ccccc2[nH]1)C(C)C. The second-order valence-corrected chi connectivity index (χ2v) is 6.41. The maximum absolute atomic E-state index is 12.5. The molecule has 6 nitrogen and oxygen atoms in total. The predicted molar refractivity (Wildman–Crippen MR) is 91.5 cm³/mol. The zero-order valence-electron chi connectivity index (χ0n) is 14.4. The highest BCUT2D eigenvalue weighted by Crippen LogP contribution is 2.22. The predicted octanol–water partition coefficient (Wildman–Crippen LogP) is 3.22. The van der Waals surface area contributed by atoms with Crippen LogP contribution >= 0.6 is 0 Å². The summed E-state index contributed by atoms with van der Waals surface area (Å²) in [6.07, 6.45) is 0.255. The van der Waals surface area contributed by atoms with Gasteiger partial charge in [0, 0.05) is 5.56 Å². The lowest BCUT2D eigenvalue weighted by Gasteiger charge is -2.20. The Morgan fingerprint density at radius 3 is 2.67 bits per heavy atom. The molecule has 0 aliphatic rings. The molecule has 2 N–H and O–H groups in total. The number of hydrogen-bond acceptors (Lipinski definition) is 4. The number of benzene rings is 1. The molecular formula is C18H22N4O2. The molecule has 1 aromatic carbocycles. The van der Waals surface area contributed by atoms with E-state index in [-0.39, 0.29) is 24.3 Å². The second-order valence-electron chi connectivity index (χ2n) is 6.41. The molecule has 0 fully saturated rings. The van der Waals surface area contributed by atoms with Crippen molar-refractivity contribution in [1.82, 2.24) is 20.4 Å². The highest BCUT2D eigenvalue weighted by Gasteiger charge is 2.23. The van der Waals surface area contributed by atoms with Crippen LogP contribution in [0.1, 0.15) is 42.7 Å². The summed E-state index contributed by atoms with van der Waals surface area (Å²) >= 11 is 0. The van der Waals surface area contributed by atoms with E-state index in [1.54, 1.807) is 0 Å². The molecule has 3 aromatic rings. The highest BCUT2D eigenvalue weighted by molar-refractivity contribution is 5.80. The Balaban J connectivity index is 1.80. The minimum absolute atomic E-state index is 0.0662. The number of imidazole rings is 1.